The minimum Gasteiger partial charge on any atom is -0.313 e. The maximum atomic E-state index is 14.2. The van der Waals surface area contributed by atoms with Gasteiger partial charge < -0.3 is 5.32 Å². The van der Waals surface area contributed by atoms with Crippen molar-refractivity contribution in [3.05, 3.63) is 34.1 Å². The first-order valence-corrected chi connectivity index (χ1v) is 8.72. The zero-order valence-corrected chi connectivity index (χ0v) is 14.8. The van der Waals surface area contributed by atoms with E-state index in [0.29, 0.717) is 12.1 Å². The highest BCUT2D eigenvalue weighted by molar-refractivity contribution is 9.10. The van der Waals surface area contributed by atoms with E-state index in [0.717, 1.165) is 23.1 Å². The molecule has 0 aromatic heterocycles. The van der Waals surface area contributed by atoms with E-state index in [1.807, 2.05) is 12.1 Å². The maximum Gasteiger partial charge on any atom is 0.129 e. The van der Waals surface area contributed by atoms with Crippen molar-refractivity contribution in [2.75, 3.05) is 13.1 Å². The van der Waals surface area contributed by atoms with Gasteiger partial charge in [-0.25, -0.2) is 4.39 Å². The fourth-order valence-electron chi connectivity index (χ4n) is 3.17. The standard InChI is InChI=1S/C17H26BrFN2/c1-12(2)21(11-15-6-4-5-9-20-15)13(3)16-8-7-14(18)10-17(16)19/h7-8,10,12-13,15,20H,4-6,9,11H2,1-3H3. The number of rotatable bonds is 5. The molecule has 1 aromatic rings. The van der Waals surface area contributed by atoms with E-state index in [1.165, 1.54) is 19.3 Å². The minimum atomic E-state index is -0.126. The van der Waals surface area contributed by atoms with E-state index in [-0.39, 0.29) is 11.9 Å². The van der Waals surface area contributed by atoms with Crippen LogP contribution in [0.25, 0.3) is 0 Å². The lowest BCUT2D eigenvalue weighted by molar-refractivity contribution is 0.135. The third-order valence-corrected chi connectivity index (χ3v) is 4.91. The van der Waals surface area contributed by atoms with Crippen molar-refractivity contribution < 1.29 is 4.39 Å². The third kappa shape index (κ3) is 4.51. The number of nitrogens with one attached hydrogen (secondary N) is 1. The highest BCUT2D eigenvalue weighted by Gasteiger charge is 2.25. The molecule has 0 radical (unpaired) electrons. The molecular weight excluding hydrogens is 331 g/mol. The van der Waals surface area contributed by atoms with Gasteiger partial charge >= 0.3 is 0 Å². The van der Waals surface area contributed by atoms with Crippen molar-refractivity contribution in [2.24, 2.45) is 0 Å². The Morgan fingerprint density at radius 1 is 1.33 bits per heavy atom. The molecule has 0 bridgehead atoms. The van der Waals surface area contributed by atoms with Crippen LogP contribution in [-0.4, -0.2) is 30.1 Å². The molecule has 0 aliphatic carbocycles. The first-order chi connectivity index (χ1) is 9.99. The van der Waals surface area contributed by atoms with Gasteiger partial charge in [0.1, 0.15) is 5.82 Å². The topological polar surface area (TPSA) is 15.3 Å². The third-order valence-electron chi connectivity index (χ3n) is 4.42. The molecule has 0 saturated carbocycles. The lowest BCUT2D eigenvalue weighted by Crippen LogP contribution is -2.46. The summed E-state index contributed by atoms with van der Waals surface area (Å²) >= 11 is 3.33. The molecule has 21 heavy (non-hydrogen) atoms. The summed E-state index contributed by atoms with van der Waals surface area (Å²) in [5, 5.41) is 3.59. The summed E-state index contributed by atoms with van der Waals surface area (Å²) in [6, 6.07) is 6.39. The van der Waals surface area contributed by atoms with Crippen molar-refractivity contribution in [3.8, 4) is 0 Å². The zero-order chi connectivity index (χ0) is 15.4. The Morgan fingerprint density at radius 3 is 2.67 bits per heavy atom. The smallest absolute Gasteiger partial charge is 0.129 e. The summed E-state index contributed by atoms with van der Waals surface area (Å²) in [5.74, 6) is -0.126. The van der Waals surface area contributed by atoms with E-state index in [9.17, 15) is 4.39 Å². The van der Waals surface area contributed by atoms with E-state index in [4.69, 9.17) is 0 Å². The molecule has 1 N–H and O–H groups in total. The summed E-state index contributed by atoms with van der Waals surface area (Å²) in [4.78, 5) is 2.40. The van der Waals surface area contributed by atoms with Gasteiger partial charge in [-0.05, 0) is 52.3 Å². The number of nitrogens with zero attached hydrogens (tertiary/aromatic N) is 1. The first kappa shape index (κ1) is 16.9. The fraction of sp³-hybridized carbons (Fsp3) is 0.647. The summed E-state index contributed by atoms with van der Waals surface area (Å²) in [7, 11) is 0. The summed E-state index contributed by atoms with van der Waals surface area (Å²) in [6.07, 6.45) is 3.79. The van der Waals surface area contributed by atoms with Crippen LogP contribution in [0.5, 0.6) is 0 Å². The highest BCUT2D eigenvalue weighted by atomic mass is 79.9. The Labute approximate surface area is 136 Å². The molecule has 1 aromatic carbocycles. The van der Waals surface area contributed by atoms with E-state index in [2.05, 4.69) is 46.9 Å². The molecule has 1 aliphatic heterocycles. The van der Waals surface area contributed by atoms with Crippen LogP contribution >= 0.6 is 15.9 Å². The summed E-state index contributed by atoms with van der Waals surface area (Å²) in [5.41, 5.74) is 0.780. The molecule has 2 nitrogen and oxygen atoms in total. The van der Waals surface area contributed by atoms with Gasteiger partial charge in [0, 0.05) is 34.7 Å². The largest absolute Gasteiger partial charge is 0.313 e. The number of hydrogen-bond donors (Lipinski definition) is 1. The van der Waals surface area contributed by atoms with Gasteiger partial charge in [0.05, 0.1) is 0 Å². The monoisotopic (exact) mass is 356 g/mol. The molecule has 2 atom stereocenters. The summed E-state index contributed by atoms with van der Waals surface area (Å²) in [6.45, 7) is 8.58. The molecular formula is C17H26BrFN2. The van der Waals surface area contributed by atoms with Crippen LogP contribution in [0.4, 0.5) is 4.39 Å². The fourth-order valence-corrected chi connectivity index (χ4v) is 3.50. The van der Waals surface area contributed by atoms with Gasteiger partial charge in [-0.3, -0.25) is 4.90 Å². The number of hydrogen-bond acceptors (Lipinski definition) is 2. The molecule has 2 unspecified atom stereocenters. The van der Waals surface area contributed by atoms with Gasteiger partial charge in [0.15, 0.2) is 0 Å². The Balaban J connectivity index is 2.12. The van der Waals surface area contributed by atoms with Crippen LogP contribution in [0.1, 0.15) is 51.6 Å². The van der Waals surface area contributed by atoms with Crippen LogP contribution in [0.3, 0.4) is 0 Å². The van der Waals surface area contributed by atoms with Gasteiger partial charge in [-0.1, -0.05) is 28.4 Å². The van der Waals surface area contributed by atoms with E-state index >= 15 is 0 Å². The highest BCUT2D eigenvalue weighted by Crippen LogP contribution is 2.27. The molecule has 1 saturated heterocycles. The Bertz CT molecular complexity index is 458. The second-order valence-corrected chi connectivity index (χ2v) is 7.19. The number of halogens is 2. The maximum absolute atomic E-state index is 14.2. The van der Waals surface area contributed by atoms with Crippen molar-refractivity contribution in [3.63, 3.8) is 0 Å². The lowest BCUT2D eigenvalue weighted by atomic mass is 10.0. The predicted molar refractivity (Wildman–Crippen MR) is 90.0 cm³/mol. The second kappa shape index (κ2) is 7.70. The molecule has 1 heterocycles. The normalized spacial score (nSPS) is 21.0. The van der Waals surface area contributed by atoms with Crippen LogP contribution in [0.15, 0.2) is 22.7 Å². The predicted octanol–water partition coefficient (Wildman–Crippen LogP) is 4.50. The van der Waals surface area contributed by atoms with Crippen molar-refractivity contribution in [2.45, 2.75) is 58.2 Å². The van der Waals surface area contributed by atoms with Crippen LogP contribution in [0, 0.1) is 5.82 Å². The Kier molecular flexibility index (Phi) is 6.20. The van der Waals surface area contributed by atoms with Crippen LogP contribution in [0.2, 0.25) is 0 Å². The lowest BCUT2D eigenvalue weighted by Gasteiger charge is -2.37. The van der Waals surface area contributed by atoms with Crippen molar-refractivity contribution in [1.82, 2.24) is 10.2 Å². The van der Waals surface area contributed by atoms with Gasteiger partial charge in [0.25, 0.3) is 0 Å². The van der Waals surface area contributed by atoms with Gasteiger partial charge in [-0.2, -0.15) is 0 Å². The van der Waals surface area contributed by atoms with Gasteiger partial charge in [0.2, 0.25) is 0 Å². The molecule has 0 amide bonds. The molecule has 1 fully saturated rings. The van der Waals surface area contributed by atoms with Gasteiger partial charge in [-0.15, -0.1) is 0 Å². The average Bonchev–Trinajstić information content (AvgIpc) is 2.45. The molecule has 4 heteroatoms. The van der Waals surface area contributed by atoms with Crippen molar-refractivity contribution >= 4 is 15.9 Å². The average molecular weight is 357 g/mol. The van der Waals surface area contributed by atoms with Crippen LogP contribution < -0.4 is 5.32 Å². The van der Waals surface area contributed by atoms with E-state index in [1.54, 1.807) is 6.07 Å². The van der Waals surface area contributed by atoms with E-state index < -0.39 is 0 Å². The SMILES string of the molecule is CC(C)N(CC1CCCCN1)C(C)c1ccc(Br)cc1F. The number of piperidine rings is 1. The van der Waals surface area contributed by atoms with Crippen LogP contribution in [-0.2, 0) is 0 Å². The molecule has 118 valence electrons. The van der Waals surface area contributed by atoms with Crippen molar-refractivity contribution in [1.29, 1.82) is 0 Å². The molecule has 0 spiro atoms. The number of benzene rings is 1. The Morgan fingerprint density at radius 2 is 2.10 bits per heavy atom. The Hall–Kier alpha value is -0.450. The first-order valence-electron chi connectivity index (χ1n) is 7.93. The second-order valence-electron chi connectivity index (χ2n) is 6.28. The quantitative estimate of drug-likeness (QED) is 0.835. The zero-order valence-electron chi connectivity index (χ0n) is 13.2. The summed E-state index contributed by atoms with van der Waals surface area (Å²) < 4.78 is 15.0. The molecule has 1 aliphatic rings. The molecule has 2 rings (SSSR count). The minimum absolute atomic E-state index is 0.0850.